The highest BCUT2D eigenvalue weighted by Gasteiger charge is 2.24. The number of nitriles is 1. The molecule has 2 aromatic carbocycles. The Morgan fingerprint density at radius 2 is 1.96 bits per heavy atom. The zero-order valence-electron chi connectivity index (χ0n) is 15.1. The number of carbonyl (C=O) groups is 2. The number of carboxylic acid groups (broad SMARTS) is 1. The van der Waals surface area contributed by atoms with E-state index in [1.807, 2.05) is 6.07 Å². The number of carbonyl (C=O) groups excluding carboxylic acids is 1. The minimum Gasteiger partial charge on any atom is -0.481 e. The number of benzene rings is 2. The molecule has 0 heterocycles. The van der Waals surface area contributed by atoms with Crippen molar-refractivity contribution >= 4 is 11.9 Å². The van der Waals surface area contributed by atoms with Crippen molar-refractivity contribution < 1.29 is 28.2 Å². The zero-order valence-corrected chi connectivity index (χ0v) is 15.1. The predicted octanol–water partition coefficient (Wildman–Crippen LogP) is 3.11. The van der Waals surface area contributed by atoms with Crippen LogP contribution in [0.15, 0.2) is 42.5 Å². The van der Waals surface area contributed by atoms with E-state index in [4.69, 9.17) is 15.1 Å². The summed E-state index contributed by atoms with van der Waals surface area (Å²) < 4.78 is 32.9. The summed E-state index contributed by atoms with van der Waals surface area (Å²) in [4.78, 5) is 24.7. The predicted molar refractivity (Wildman–Crippen MR) is 95.3 cm³/mol. The van der Waals surface area contributed by atoms with E-state index in [0.29, 0.717) is 5.56 Å². The number of aliphatic carboxylic acids is 1. The Morgan fingerprint density at radius 1 is 1.25 bits per heavy atom. The summed E-state index contributed by atoms with van der Waals surface area (Å²) in [6.07, 6.45) is -1.39. The van der Waals surface area contributed by atoms with Gasteiger partial charge in [-0.05, 0) is 31.2 Å². The van der Waals surface area contributed by atoms with Gasteiger partial charge in [0.25, 0.3) is 5.91 Å². The lowest BCUT2D eigenvalue weighted by molar-refractivity contribution is -0.141. The van der Waals surface area contributed by atoms with Crippen molar-refractivity contribution in [3.05, 3.63) is 65.2 Å². The molecule has 0 aliphatic carbocycles. The highest BCUT2D eigenvalue weighted by molar-refractivity contribution is 5.81. The number of nitrogens with zero attached hydrogens (tertiary/aromatic N) is 2. The second-order valence-corrected chi connectivity index (χ2v) is 6.02. The van der Waals surface area contributed by atoms with Gasteiger partial charge in [-0.1, -0.05) is 18.2 Å². The van der Waals surface area contributed by atoms with Gasteiger partial charge in [0, 0.05) is 18.7 Å². The van der Waals surface area contributed by atoms with Crippen LogP contribution in [0.1, 0.15) is 24.5 Å². The second-order valence-electron chi connectivity index (χ2n) is 6.02. The van der Waals surface area contributed by atoms with E-state index in [9.17, 15) is 18.4 Å². The normalized spacial score (nSPS) is 11.4. The van der Waals surface area contributed by atoms with Crippen LogP contribution in [-0.4, -0.2) is 34.5 Å². The van der Waals surface area contributed by atoms with Crippen molar-refractivity contribution in [2.75, 3.05) is 6.54 Å². The van der Waals surface area contributed by atoms with Crippen molar-refractivity contribution in [1.29, 1.82) is 5.26 Å². The maximum atomic E-state index is 14.0. The maximum absolute atomic E-state index is 14.0. The zero-order chi connectivity index (χ0) is 20.7. The third-order valence-corrected chi connectivity index (χ3v) is 3.92. The molecule has 8 heteroatoms. The van der Waals surface area contributed by atoms with Crippen LogP contribution in [0, 0.1) is 23.0 Å². The molecular weight excluding hydrogens is 370 g/mol. The minimum absolute atomic E-state index is 0.0718. The first-order valence-electron chi connectivity index (χ1n) is 8.42. The SMILES string of the molecule is CC(Oc1cccc(C#N)c1)C(=O)N(CCC(=O)O)Cc1cccc(F)c1F. The number of carboxylic acids is 1. The van der Waals surface area contributed by atoms with Gasteiger partial charge in [0.15, 0.2) is 17.7 Å². The molecule has 0 aliphatic heterocycles. The van der Waals surface area contributed by atoms with Crippen LogP contribution in [0.4, 0.5) is 8.78 Å². The molecule has 0 saturated heterocycles. The van der Waals surface area contributed by atoms with Gasteiger partial charge in [-0.3, -0.25) is 9.59 Å². The largest absolute Gasteiger partial charge is 0.481 e. The Bertz CT molecular complexity index is 911. The molecule has 0 bridgehead atoms. The fourth-order valence-corrected chi connectivity index (χ4v) is 2.52. The monoisotopic (exact) mass is 388 g/mol. The van der Waals surface area contributed by atoms with Crippen molar-refractivity contribution in [1.82, 2.24) is 4.90 Å². The lowest BCUT2D eigenvalue weighted by atomic mass is 10.1. The van der Waals surface area contributed by atoms with Crippen LogP contribution < -0.4 is 4.74 Å². The number of amides is 1. The first kappa shape index (κ1) is 20.8. The maximum Gasteiger partial charge on any atom is 0.305 e. The smallest absolute Gasteiger partial charge is 0.305 e. The topological polar surface area (TPSA) is 90.6 Å². The Hall–Kier alpha value is -3.47. The highest BCUT2D eigenvalue weighted by Crippen LogP contribution is 2.18. The first-order valence-corrected chi connectivity index (χ1v) is 8.42. The quantitative estimate of drug-likeness (QED) is 0.750. The molecule has 0 radical (unpaired) electrons. The first-order chi connectivity index (χ1) is 13.3. The molecule has 6 nitrogen and oxygen atoms in total. The summed E-state index contributed by atoms with van der Waals surface area (Å²) in [5.41, 5.74) is 0.277. The van der Waals surface area contributed by atoms with Crippen LogP contribution in [0.3, 0.4) is 0 Å². The van der Waals surface area contributed by atoms with Crippen LogP contribution in [0.25, 0.3) is 0 Å². The van der Waals surface area contributed by atoms with Gasteiger partial charge < -0.3 is 14.7 Å². The molecule has 1 atom stereocenters. The summed E-state index contributed by atoms with van der Waals surface area (Å²) in [6.45, 7) is 0.953. The van der Waals surface area contributed by atoms with Gasteiger partial charge >= 0.3 is 5.97 Å². The van der Waals surface area contributed by atoms with Crippen LogP contribution in [0.2, 0.25) is 0 Å². The Morgan fingerprint density at radius 3 is 2.64 bits per heavy atom. The third-order valence-electron chi connectivity index (χ3n) is 3.92. The lowest BCUT2D eigenvalue weighted by Gasteiger charge is -2.26. The average Bonchev–Trinajstić information content (AvgIpc) is 2.67. The number of hydrogen-bond donors (Lipinski definition) is 1. The Kier molecular flexibility index (Phi) is 7.04. The number of halogens is 2. The second kappa shape index (κ2) is 9.46. The van der Waals surface area contributed by atoms with Crippen molar-refractivity contribution in [2.45, 2.75) is 26.0 Å². The molecule has 1 unspecified atom stereocenters. The summed E-state index contributed by atoms with van der Waals surface area (Å²) in [6, 6.07) is 11.7. The molecule has 0 aromatic heterocycles. The van der Waals surface area contributed by atoms with E-state index in [1.54, 1.807) is 18.2 Å². The van der Waals surface area contributed by atoms with Gasteiger partial charge in [0.1, 0.15) is 5.75 Å². The van der Waals surface area contributed by atoms with E-state index < -0.39 is 29.6 Å². The highest BCUT2D eigenvalue weighted by atomic mass is 19.2. The molecule has 2 aromatic rings. The summed E-state index contributed by atoms with van der Waals surface area (Å²) in [5, 5.41) is 17.8. The number of ether oxygens (including phenoxy) is 1. The van der Waals surface area contributed by atoms with E-state index in [1.165, 1.54) is 25.1 Å². The van der Waals surface area contributed by atoms with Crippen LogP contribution in [0.5, 0.6) is 5.75 Å². The lowest BCUT2D eigenvalue weighted by Crippen LogP contribution is -2.41. The van der Waals surface area contributed by atoms with E-state index in [0.717, 1.165) is 11.0 Å². The summed E-state index contributed by atoms with van der Waals surface area (Å²) >= 11 is 0. The molecule has 146 valence electrons. The third kappa shape index (κ3) is 5.51. The average molecular weight is 388 g/mol. The molecule has 28 heavy (non-hydrogen) atoms. The molecule has 0 saturated carbocycles. The Labute approximate surface area is 160 Å². The van der Waals surface area contributed by atoms with Gasteiger partial charge in [-0.2, -0.15) is 5.26 Å². The molecule has 0 spiro atoms. The standard InChI is InChI=1S/C20H18F2N2O4/c1-13(28-16-6-2-4-14(10-16)11-23)20(27)24(9-8-18(25)26)12-15-5-3-7-17(21)19(15)22/h2-7,10,13H,8-9,12H2,1H3,(H,25,26). The van der Waals surface area contributed by atoms with Gasteiger partial charge in [-0.15, -0.1) is 0 Å². The minimum atomic E-state index is -1.13. The summed E-state index contributed by atoms with van der Waals surface area (Å²) in [5.74, 6) is -3.58. The van der Waals surface area contributed by atoms with Crippen molar-refractivity contribution in [2.24, 2.45) is 0 Å². The Balaban J connectivity index is 2.18. The fraction of sp³-hybridized carbons (Fsp3) is 0.250. The number of rotatable bonds is 8. The molecular formula is C20H18F2N2O4. The van der Waals surface area contributed by atoms with Gasteiger partial charge in [0.05, 0.1) is 18.1 Å². The molecule has 0 fully saturated rings. The molecule has 2 rings (SSSR count). The van der Waals surface area contributed by atoms with E-state index >= 15 is 0 Å². The van der Waals surface area contributed by atoms with Gasteiger partial charge in [0.2, 0.25) is 0 Å². The van der Waals surface area contributed by atoms with Crippen molar-refractivity contribution in [3.8, 4) is 11.8 Å². The molecule has 0 aliphatic rings. The van der Waals surface area contributed by atoms with Crippen molar-refractivity contribution in [3.63, 3.8) is 0 Å². The van der Waals surface area contributed by atoms with Crippen LogP contribution in [-0.2, 0) is 16.1 Å². The molecule has 1 amide bonds. The van der Waals surface area contributed by atoms with Gasteiger partial charge in [-0.25, -0.2) is 8.78 Å². The fourth-order valence-electron chi connectivity index (χ4n) is 2.52. The van der Waals surface area contributed by atoms with E-state index in [-0.39, 0.29) is 30.8 Å². The van der Waals surface area contributed by atoms with Crippen LogP contribution >= 0.6 is 0 Å². The number of hydrogen-bond acceptors (Lipinski definition) is 4. The van der Waals surface area contributed by atoms with E-state index in [2.05, 4.69) is 0 Å². The summed E-state index contributed by atoms with van der Waals surface area (Å²) in [7, 11) is 0. The molecule has 1 N–H and O–H groups in total.